The van der Waals surface area contributed by atoms with E-state index in [9.17, 15) is 14.4 Å². The van der Waals surface area contributed by atoms with Gasteiger partial charge in [-0.3, -0.25) is 18.7 Å². The average Bonchev–Trinajstić information content (AvgIpc) is 2.71. The average molecular weight is 383 g/mol. The molecule has 0 aliphatic carbocycles. The fourth-order valence-electron chi connectivity index (χ4n) is 3.05. The summed E-state index contributed by atoms with van der Waals surface area (Å²) >= 11 is 0. The van der Waals surface area contributed by atoms with Gasteiger partial charge >= 0.3 is 5.69 Å². The predicted octanol–water partition coefficient (Wildman–Crippen LogP) is 1.84. The first-order valence-electron chi connectivity index (χ1n) is 8.74. The summed E-state index contributed by atoms with van der Waals surface area (Å²) in [4.78, 5) is 37.9. The van der Waals surface area contributed by atoms with Crippen LogP contribution in [-0.4, -0.2) is 29.3 Å². The molecule has 0 aliphatic heterocycles. The number of hydrogen-bond donors (Lipinski definition) is 1. The van der Waals surface area contributed by atoms with Crippen LogP contribution in [0, 0.1) is 0 Å². The van der Waals surface area contributed by atoms with E-state index in [1.165, 1.54) is 18.8 Å². The van der Waals surface area contributed by atoms with E-state index in [0.29, 0.717) is 28.1 Å². The second-order valence-electron chi connectivity index (χ2n) is 6.05. The van der Waals surface area contributed by atoms with Crippen LogP contribution in [0.25, 0.3) is 10.9 Å². The molecule has 0 saturated carbocycles. The molecule has 146 valence electrons. The van der Waals surface area contributed by atoms with Crippen molar-refractivity contribution in [2.45, 2.75) is 20.0 Å². The lowest BCUT2D eigenvalue weighted by Gasteiger charge is -2.15. The van der Waals surface area contributed by atoms with E-state index in [2.05, 4.69) is 5.32 Å². The number of carbonyl (C=O) groups is 1. The number of amides is 1. The Bertz CT molecular complexity index is 1150. The van der Waals surface area contributed by atoms with Gasteiger partial charge in [0.15, 0.2) is 0 Å². The lowest BCUT2D eigenvalue weighted by molar-refractivity contribution is -0.116. The second-order valence-corrected chi connectivity index (χ2v) is 6.05. The largest absolute Gasteiger partial charge is 0.497 e. The Kier molecular flexibility index (Phi) is 5.49. The van der Waals surface area contributed by atoms with Crippen LogP contribution in [0.2, 0.25) is 0 Å². The number of anilines is 1. The van der Waals surface area contributed by atoms with Crippen molar-refractivity contribution >= 4 is 22.5 Å². The standard InChI is InChI=1S/C20H21N3O5/c1-4-22-19(25)14-7-5-6-8-16(14)23(20(22)26)12-18(24)21-15-11-13(27-2)9-10-17(15)28-3/h5-11H,4,12H2,1-3H3,(H,21,24). The molecule has 0 saturated heterocycles. The third-order valence-corrected chi connectivity index (χ3v) is 4.43. The summed E-state index contributed by atoms with van der Waals surface area (Å²) in [7, 11) is 3.01. The topological polar surface area (TPSA) is 91.6 Å². The fourth-order valence-corrected chi connectivity index (χ4v) is 3.05. The number of nitrogens with zero attached hydrogens (tertiary/aromatic N) is 2. The summed E-state index contributed by atoms with van der Waals surface area (Å²) in [5.41, 5.74) is -0.0591. The van der Waals surface area contributed by atoms with Gasteiger partial charge in [-0.25, -0.2) is 4.79 Å². The number of aromatic nitrogens is 2. The monoisotopic (exact) mass is 383 g/mol. The predicted molar refractivity (Wildman–Crippen MR) is 106 cm³/mol. The molecule has 1 N–H and O–H groups in total. The smallest absolute Gasteiger partial charge is 0.331 e. The third-order valence-electron chi connectivity index (χ3n) is 4.43. The number of para-hydroxylation sites is 1. The minimum atomic E-state index is -0.529. The summed E-state index contributed by atoms with van der Waals surface area (Å²) < 4.78 is 12.8. The van der Waals surface area contributed by atoms with Crippen molar-refractivity contribution in [3.05, 3.63) is 63.3 Å². The Morgan fingerprint density at radius 1 is 1.04 bits per heavy atom. The quantitative estimate of drug-likeness (QED) is 0.701. The molecule has 0 unspecified atom stereocenters. The molecule has 1 aromatic heterocycles. The molecule has 0 radical (unpaired) electrons. The molecule has 3 aromatic rings. The van der Waals surface area contributed by atoms with Crippen molar-refractivity contribution in [2.75, 3.05) is 19.5 Å². The Balaban J connectivity index is 2.01. The van der Waals surface area contributed by atoms with Crippen LogP contribution >= 0.6 is 0 Å². The molecule has 1 amide bonds. The number of ether oxygens (including phenoxy) is 2. The summed E-state index contributed by atoms with van der Waals surface area (Å²) in [5, 5.41) is 3.12. The highest BCUT2D eigenvalue weighted by molar-refractivity contribution is 5.93. The van der Waals surface area contributed by atoms with Gasteiger partial charge in [0.2, 0.25) is 5.91 Å². The molecule has 0 atom stereocenters. The van der Waals surface area contributed by atoms with Gasteiger partial charge in [-0.05, 0) is 31.2 Å². The maximum Gasteiger partial charge on any atom is 0.331 e. The molecule has 0 fully saturated rings. The molecule has 1 heterocycles. The van der Waals surface area contributed by atoms with Crippen molar-refractivity contribution in [3.8, 4) is 11.5 Å². The van der Waals surface area contributed by atoms with Crippen molar-refractivity contribution in [2.24, 2.45) is 0 Å². The van der Waals surface area contributed by atoms with Crippen LogP contribution in [0.5, 0.6) is 11.5 Å². The summed E-state index contributed by atoms with van der Waals surface area (Å²) in [6.45, 7) is 1.68. The van der Waals surface area contributed by atoms with Gasteiger partial charge < -0.3 is 14.8 Å². The van der Waals surface area contributed by atoms with Crippen LogP contribution in [0.3, 0.4) is 0 Å². The Morgan fingerprint density at radius 2 is 1.79 bits per heavy atom. The first-order valence-corrected chi connectivity index (χ1v) is 8.74. The molecule has 0 bridgehead atoms. The molecule has 8 heteroatoms. The Hall–Kier alpha value is -3.55. The molecular weight excluding hydrogens is 362 g/mol. The Labute approximate surface area is 160 Å². The van der Waals surface area contributed by atoms with Gasteiger partial charge in [0, 0.05) is 12.6 Å². The summed E-state index contributed by atoms with van der Waals surface area (Å²) in [6, 6.07) is 11.7. The zero-order valence-electron chi connectivity index (χ0n) is 15.9. The van der Waals surface area contributed by atoms with Crippen LogP contribution in [0.15, 0.2) is 52.1 Å². The fraction of sp³-hybridized carbons (Fsp3) is 0.250. The second kappa shape index (κ2) is 7.99. The van der Waals surface area contributed by atoms with Gasteiger partial charge in [0.05, 0.1) is 30.8 Å². The number of methoxy groups -OCH3 is 2. The highest BCUT2D eigenvalue weighted by Gasteiger charge is 2.15. The van der Waals surface area contributed by atoms with Crippen LogP contribution in [-0.2, 0) is 17.9 Å². The van der Waals surface area contributed by atoms with Crippen molar-refractivity contribution in [1.29, 1.82) is 0 Å². The lowest BCUT2D eigenvalue weighted by atomic mass is 10.2. The van der Waals surface area contributed by atoms with E-state index in [-0.39, 0.29) is 18.6 Å². The maximum absolute atomic E-state index is 12.7. The van der Waals surface area contributed by atoms with Crippen LogP contribution < -0.4 is 26.0 Å². The number of carbonyl (C=O) groups excluding carboxylic acids is 1. The van der Waals surface area contributed by atoms with Crippen molar-refractivity contribution < 1.29 is 14.3 Å². The minimum Gasteiger partial charge on any atom is -0.497 e. The first kappa shape index (κ1) is 19.2. The third kappa shape index (κ3) is 3.48. The van der Waals surface area contributed by atoms with Crippen molar-refractivity contribution in [1.82, 2.24) is 9.13 Å². The molecular formula is C20H21N3O5. The number of benzene rings is 2. The highest BCUT2D eigenvalue weighted by atomic mass is 16.5. The van der Waals surface area contributed by atoms with Gasteiger partial charge in [-0.15, -0.1) is 0 Å². The normalized spacial score (nSPS) is 10.7. The van der Waals surface area contributed by atoms with Gasteiger partial charge in [-0.2, -0.15) is 0 Å². The molecule has 2 aromatic carbocycles. The zero-order valence-corrected chi connectivity index (χ0v) is 15.9. The van der Waals surface area contributed by atoms with Crippen LogP contribution in [0.1, 0.15) is 6.92 Å². The summed E-state index contributed by atoms with van der Waals surface area (Å²) in [5.74, 6) is 0.586. The number of fused-ring (bicyclic) bond motifs is 1. The van der Waals surface area contributed by atoms with Crippen molar-refractivity contribution in [3.63, 3.8) is 0 Å². The molecule has 0 aliphatic rings. The first-order chi connectivity index (χ1) is 13.5. The van der Waals surface area contributed by atoms with Gasteiger partial charge in [-0.1, -0.05) is 12.1 Å². The van der Waals surface area contributed by atoms with E-state index >= 15 is 0 Å². The SMILES string of the molecule is CCn1c(=O)c2ccccc2n(CC(=O)Nc2cc(OC)ccc2OC)c1=O. The minimum absolute atomic E-state index is 0.216. The summed E-state index contributed by atoms with van der Waals surface area (Å²) in [6.07, 6.45) is 0. The van der Waals surface area contributed by atoms with Gasteiger partial charge in [0.1, 0.15) is 18.0 Å². The molecule has 0 spiro atoms. The van der Waals surface area contributed by atoms with E-state index in [0.717, 1.165) is 4.57 Å². The van der Waals surface area contributed by atoms with E-state index in [1.807, 2.05) is 0 Å². The van der Waals surface area contributed by atoms with Gasteiger partial charge in [0.25, 0.3) is 5.56 Å². The zero-order chi connectivity index (χ0) is 20.3. The number of nitrogens with one attached hydrogen (secondary N) is 1. The maximum atomic E-state index is 12.7. The van der Waals surface area contributed by atoms with E-state index < -0.39 is 11.6 Å². The molecule has 8 nitrogen and oxygen atoms in total. The number of hydrogen-bond acceptors (Lipinski definition) is 5. The lowest BCUT2D eigenvalue weighted by Crippen LogP contribution is -2.41. The molecule has 3 rings (SSSR count). The highest BCUT2D eigenvalue weighted by Crippen LogP contribution is 2.28. The van der Waals surface area contributed by atoms with E-state index in [1.54, 1.807) is 49.4 Å². The molecule has 28 heavy (non-hydrogen) atoms. The Morgan fingerprint density at radius 3 is 2.46 bits per heavy atom. The van der Waals surface area contributed by atoms with E-state index in [4.69, 9.17) is 9.47 Å². The number of rotatable bonds is 6. The van der Waals surface area contributed by atoms with Crippen LogP contribution in [0.4, 0.5) is 5.69 Å².